The summed E-state index contributed by atoms with van der Waals surface area (Å²) < 4.78 is 0. The smallest absolute Gasteiger partial charge is 0.246 e. The van der Waals surface area contributed by atoms with E-state index in [1.54, 1.807) is 12.2 Å². The van der Waals surface area contributed by atoms with E-state index in [1.165, 1.54) is 0 Å². The van der Waals surface area contributed by atoms with Crippen molar-refractivity contribution in [3.8, 4) is 0 Å². The zero-order chi connectivity index (χ0) is 12.3. The normalized spacial score (nSPS) is 15.2. The molecule has 4 N–H and O–H groups in total. The van der Waals surface area contributed by atoms with Gasteiger partial charge in [-0.15, -0.1) is 0 Å². The summed E-state index contributed by atoms with van der Waals surface area (Å²) in [6.45, 7) is 1.14. The average Bonchev–Trinajstić information content (AvgIpc) is 2.33. The molecule has 0 saturated heterocycles. The van der Waals surface area contributed by atoms with E-state index in [2.05, 4.69) is 0 Å². The lowest BCUT2D eigenvalue weighted by Crippen LogP contribution is -2.34. The molecule has 1 amide bonds. The van der Waals surface area contributed by atoms with Crippen LogP contribution >= 0.6 is 0 Å². The Bertz CT molecular complexity index is 477. The van der Waals surface area contributed by atoms with E-state index in [-0.39, 0.29) is 0 Å². The van der Waals surface area contributed by atoms with Crippen molar-refractivity contribution in [1.82, 2.24) is 4.90 Å². The lowest BCUT2D eigenvalue weighted by Gasteiger charge is -2.27. The van der Waals surface area contributed by atoms with Crippen LogP contribution in [0, 0.1) is 0 Å². The van der Waals surface area contributed by atoms with Crippen molar-refractivity contribution in [2.75, 3.05) is 6.54 Å². The monoisotopic (exact) mass is 229 g/mol. The maximum atomic E-state index is 11.1. The summed E-state index contributed by atoms with van der Waals surface area (Å²) in [5.41, 5.74) is 12.9. The van der Waals surface area contributed by atoms with Gasteiger partial charge in [-0.3, -0.25) is 4.79 Å². The standard InChI is InChI=1S/C13H15N3O/c14-12-7-6-11(13(15)17)9-16(12)8-10-4-2-1-3-5-10/h1-7H,8-9,14H2,(H2,15,17). The van der Waals surface area contributed by atoms with Crippen LogP contribution in [0.15, 0.2) is 53.9 Å². The van der Waals surface area contributed by atoms with Crippen LogP contribution in [0.4, 0.5) is 0 Å². The summed E-state index contributed by atoms with van der Waals surface area (Å²) in [6, 6.07) is 9.97. The van der Waals surface area contributed by atoms with Crippen molar-refractivity contribution >= 4 is 5.91 Å². The molecule has 17 heavy (non-hydrogen) atoms. The predicted molar refractivity (Wildman–Crippen MR) is 66.4 cm³/mol. The van der Waals surface area contributed by atoms with Gasteiger partial charge in [0.2, 0.25) is 5.91 Å². The number of benzene rings is 1. The van der Waals surface area contributed by atoms with Gasteiger partial charge < -0.3 is 16.4 Å². The Labute approximate surface area is 100 Å². The van der Waals surface area contributed by atoms with Gasteiger partial charge in [-0.1, -0.05) is 30.3 Å². The first kappa shape index (κ1) is 11.3. The molecule has 0 atom stereocenters. The van der Waals surface area contributed by atoms with Gasteiger partial charge in [-0.25, -0.2) is 0 Å². The van der Waals surface area contributed by atoms with Crippen LogP contribution in [0.5, 0.6) is 0 Å². The molecular formula is C13H15N3O. The first-order valence-electron chi connectivity index (χ1n) is 5.42. The van der Waals surface area contributed by atoms with Gasteiger partial charge in [0.15, 0.2) is 0 Å². The zero-order valence-electron chi connectivity index (χ0n) is 9.47. The highest BCUT2D eigenvalue weighted by Gasteiger charge is 2.16. The average molecular weight is 229 g/mol. The van der Waals surface area contributed by atoms with E-state index in [0.29, 0.717) is 24.5 Å². The molecule has 1 aliphatic rings. The summed E-state index contributed by atoms with van der Waals surface area (Å²) in [6.07, 6.45) is 3.39. The minimum Gasteiger partial charge on any atom is -0.385 e. The summed E-state index contributed by atoms with van der Waals surface area (Å²) in [5.74, 6) is 0.255. The van der Waals surface area contributed by atoms with Crippen molar-refractivity contribution in [3.63, 3.8) is 0 Å². The second-order valence-corrected chi connectivity index (χ2v) is 3.99. The quantitative estimate of drug-likeness (QED) is 0.802. The van der Waals surface area contributed by atoms with Crippen LogP contribution in [0.1, 0.15) is 5.56 Å². The number of nitrogens with zero attached hydrogens (tertiary/aromatic N) is 1. The van der Waals surface area contributed by atoms with Crippen molar-refractivity contribution in [2.45, 2.75) is 6.54 Å². The van der Waals surface area contributed by atoms with Gasteiger partial charge in [0.1, 0.15) is 0 Å². The van der Waals surface area contributed by atoms with E-state index in [4.69, 9.17) is 11.5 Å². The van der Waals surface area contributed by atoms with Gasteiger partial charge in [-0.2, -0.15) is 0 Å². The largest absolute Gasteiger partial charge is 0.385 e. The number of allylic oxidation sites excluding steroid dienone is 2. The number of primary amides is 1. The Kier molecular flexibility index (Phi) is 3.14. The Morgan fingerprint density at radius 2 is 1.94 bits per heavy atom. The SMILES string of the molecule is NC(=O)C1=CC=C(N)N(Cc2ccccc2)C1. The highest BCUT2D eigenvalue weighted by molar-refractivity contribution is 5.93. The summed E-state index contributed by atoms with van der Waals surface area (Å²) in [5, 5.41) is 0. The number of amides is 1. The van der Waals surface area contributed by atoms with Crippen LogP contribution in [0.3, 0.4) is 0 Å². The third kappa shape index (κ3) is 2.66. The topological polar surface area (TPSA) is 72.3 Å². The van der Waals surface area contributed by atoms with Crippen molar-refractivity contribution < 1.29 is 4.79 Å². The highest BCUT2D eigenvalue weighted by atomic mass is 16.1. The molecule has 1 aliphatic heterocycles. The molecule has 1 heterocycles. The highest BCUT2D eigenvalue weighted by Crippen LogP contribution is 2.14. The molecule has 0 spiro atoms. The van der Waals surface area contributed by atoms with Crippen LogP contribution in [0.2, 0.25) is 0 Å². The van der Waals surface area contributed by atoms with E-state index in [9.17, 15) is 4.79 Å². The van der Waals surface area contributed by atoms with Gasteiger partial charge in [0.05, 0.1) is 12.4 Å². The summed E-state index contributed by atoms with van der Waals surface area (Å²) in [7, 11) is 0. The van der Waals surface area contributed by atoms with E-state index < -0.39 is 5.91 Å². The molecule has 0 saturated carbocycles. The molecule has 0 bridgehead atoms. The van der Waals surface area contributed by atoms with Crippen molar-refractivity contribution in [2.24, 2.45) is 11.5 Å². The minimum atomic E-state index is -0.396. The molecule has 4 heteroatoms. The fourth-order valence-corrected chi connectivity index (χ4v) is 1.75. The lowest BCUT2D eigenvalue weighted by molar-refractivity contribution is -0.114. The van der Waals surface area contributed by atoms with E-state index >= 15 is 0 Å². The van der Waals surface area contributed by atoms with Crippen LogP contribution in [0.25, 0.3) is 0 Å². The Morgan fingerprint density at radius 1 is 1.24 bits per heavy atom. The van der Waals surface area contributed by atoms with Gasteiger partial charge in [0, 0.05) is 12.1 Å². The number of hydrogen-bond donors (Lipinski definition) is 2. The number of carbonyl (C=O) groups is 1. The second-order valence-electron chi connectivity index (χ2n) is 3.99. The van der Waals surface area contributed by atoms with Crippen molar-refractivity contribution in [1.29, 1.82) is 0 Å². The molecule has 2 rings (SSSR count). The minimum absolute atomic E-state index is 0.396. The first-order chi connectivity index (χ1) is 8.16. The molecule has 1 aromatic rings. The fourth-order valence-electron chi connectivity index (χ4n) is 1.75. The molecule has 0 radical (unpaired) electrons. The maximum Gasteiger partial charge on any atom is 0.246 e. The maximum absolute atomic E-state index is 11.1. The van der Waals surface area contributed by atoms with Crippen molar-refractivity contribution in [3.05, 3.63) is 59.4 Å². The number of nitrogens with two attached hydrogens (primary N) is 2. The number of hydrogen-bond acceptors (Lipinski definition) is 3. The third-order valence-corrected chi connectivity index (χ3v) is 2.71. The molecule has 0 aromatic heterocycles. The molecule has 0 fully saturated rings. The van der Waals surface area contributed by atoms with Crippen LogP contribution < -0.4 is 11.5 Å². The predicted octanol–water partition coefficient (Wildman–Crippen LogP) is 0.714. The molecule has 0 aliphatic carbocycles. The Hall–Kier alpha value is -2.23. The van der Waals surface area contributed by atoms with E-state index in [0.717, 1.165) is 5.56 Å². The zero-order valence-corrected chi connectivity index (χ0v) is 9.47. The van der Waals surface area contributed by atoms with Gasteiger partial charge in [-0.05, 0) is 17.7 Å². The number of rotatable bonds is 3. The molecule has 88 valence electrons. The van der Waals surface area contributed by atoms with Crippen LogP contribution in [-0.4, -0.2) is 17.4 Å². The first-order valence-corrected chi connectivity index (χ1v) is 5.42. The molecule has 1 aromatic carbocycles. The molecular weight excluding hydrogens is 214 g/mol. The Morgan fingerprint density at radius 3 is 2.59 bits per heavy atom. The Balaban J connectivity index is 2.11. The lowest BCUT2D eigenvalue weighted by atomic mass is 10.1. The van der Waals surface area contributed by atoms with E-state index in [1.807, 2.05) is 35.2 Å². The summed E-state index contributed by atoms with van der Waals surface area (Å²) >= 11 is 0. The van der Waals surface area contributed by atoms with Gasteiger partial charge in [0.25, 0.3) is 0 Å². The van der Waals surface area contributed by atoms with Crippen LogP contribution in [-0.2, 0) is 11.3 Å². The molecule has 4 nitrogen and oxygen atoms in total. The fraction of sp³-hybridized carbons (Fsp3) is 0.154. The van der Waals surface area contributed by atoms with Gasteiger partial charge >= 0.3 is 0 Å². The third-order valence-electron chi connectivity index (χ3n) is 2.71. The second kappa shape index (κ2) is 4.74. The number of carbonyl (C=O) groups excluding carboxylic acids is 1. The summed E-state index contributed by atoms with van der Waals surface area (Å²) in [4.78, 5) is 13.0. The molecule has 0 unspecified atom stereocenters.